The number of aromatic nitrogens is 3. The number of hydrogen-bond acceptors (Lipinski definition) is 3. The van der Waals surface area contributed by atoms with Gasteiger partial charge in [-0.3, -0.25) is 4.57 Å². The highest BCUT2D eigenvalue weighted by Crippen LogP contribution is 2.44. The third-order valence-corrected chi connectivity index (χ3v) is 6.29. The lowest BCUT2D eigenvalue weighted by molar-refractivity contribution is 0.483. The lowest BCUT2D eigenvalue weighted by atomic mass is 9.92. The molecule has 7 aromatic rings. The molecular formula is C28H17N3O. The van der Waals surface area contributed by atoms with Crippen LogP contribution in [0.25, 0.3) is 60.6 Å². The van der Waals surface area contributed by atoms with Crippen LogP contribution < -0.4 is 0 Å². The predicted octanol–water partition coefficient (Wildman–Crippen LogP) is 6.69. The summed E-state index contributed by atoms with van der Waals surface area (Å²) in [5.74, 6) is 0.913. The van der Waals surface area contributed by atoms with Crippen LogP contribution in [-0.4, -0.2) is 19.6 Å². The van der Waals surface area contributed by atoms with Crippen LogP contribution in [0, 0.1) is 0 Å². The molecule has 0 atom stereocenters. The Balaban J connectivity index is 1.62. The highest BCUT2D eigenvalue weighted by atomic mass is 16.3. The van der Waals surface area contributed by atoms with Crippen molar-refractivity contribution in [3.8, 4) is 22.8 Å². The summed E-state index contributed by atoms with van der Waals surface area (Å²) in [6, 6.07) is 30.6. The molecule has 0 amide bonds. The van der Waals surface area contributed by atoms with Crippen LogP contribution in [0.4, 0.5) is 0 Å². The van der Waals surface area contributed by atoms with Crippen molar-refractivity contribution in [2.45, 2.75) is 0 Å². The number of imidazole rings is 1. The molecule has 5 aromatic carbocycles. The zero-order valence-electron chi connectivity index (χ0n) is 17.0. The third-order valence-electron chi connectivity index (χ3n) is 6.29. The maximum Gasteiger partial charge on any atom is 0.164 e. The Morgan fingerprint density at radius 2 is 1.47 bits per heavy atom. The number of benzene rings is 5. The Morgan fingerprint density at radius 3 is 2.31 bits per heavy atom. The van der Waals surface area contributed by atoms with Crippen LogP contribution in [0.5, 0.6) is 5.75 Å². The van der Waals surface area contributed by atoms with Crippen LogP contribution in [-0.2, 0) is 0 Å². The molecule has 0 bridgehead atoms. The number of rotatable bonds is 2. The van der Waals surface area contributed by atoms with Crippen molar-refractivity contribution in [1.29, 1.82) is 0 Å². The van der Waals surface area contributed by atoms with Crippen molar-refractivity contribution in [3.63, 3.8) is 0 Å². The molecule has 4 nitrogen and oxygen atoms in total. The number of nitrogens with zero attached hydrogens (tertiary/aromatic N) is 3. The fourth-order valence-electron chi connectivity index (χ4n) is 4.88. The fourth-order valence-corrected chi connectivity index (χ4v) is 4.88. The van der Waals surface area contributed by atoms with Gasteiger partial charge in [-0.1, -0.05) is 54.6 Å². The van der Waals surface area contributed by atoms with Gasteiger partial charge in [-0.2, -0.15) is 0 Å². The molecule has 32 heavy (non-hydrogen) atoms. The van der Waals surface area contributed by atoms with Crippen molar-refractivity contribution < 1.29 is 5.11 Å². The van der Waals surface area contributed by atoms with Gasteiger partial charge in [0, 0.05) is 22.7 Å². The van der Waals surface area contributed by atoms with Gasteiger partial charge in [-0.15, -0.1) is 0 Å². The van der Waals surface area contributed by atoms with E-state index in [2.05, 4.69) is 41.4 Å². The van der Waals surface area contributed by atoms with Crippen LogP contribution in [0.1, 0.15) is 0 Å². The highest BCUT2D eigenvalue weighted by Gasteiger charge is 2.21. The summed E-state index contributed by atoms with van der Waals surface area (Å²) in [5, 5.41) is 18.0. The van der Waals surface area contributed by atoms with Crippen molar-refractivity contribution in [3.05, 3.63) is 97.2 Å². The molecule has 0 aliphatic rings. The van der Waals surface area contributed by atoms with E-state index in [1.54, 1.807) is 6.20 Å². The maximum absolute atomic E-state index is 11.5. The Morgan fingerprint density at radius 1 is 0.688 bits per heavy atom. The number of aromatic hydroxyl groups is 1. The number of pyridine rings is 1. The number of phenols is 1. The zero-order chi connectivity index (χ0) is 21.2. The zero-order valence-corrected chi connectivity index (χ0v) is 17.0. The van der Waals surface area contributed by atoms with Gasteiger partial charge in [-0.05, 0) is 57.9 Å². The van der Waals surface area contributed by atoms with Crippen molar-refractivity contribution in [2.24, 2.45) is 0 Å². The quantitative estimate of drug-likeness (QED) is 0.322. The second-order valence-electron chi connectivity index (χ2n) is 8.08. The molecule has 2 aromatic heterocycles. The minimum Gasteiger partial charge on any atom is -0.507 e. The summed E-state index contributed by atoms with van der Waals surface area (Å²) >= 11 is 0. The first-order chi connectivity index (χ1) is 15.8. The number of phenolic OH excluding ortho intramolecular Hbond substituents is 1. The highest BCUT2D eigenvalue weighted by molar-refractivity contribution is 6.25. The molecular weight excluding hydrogens is 394 g/mol. The van der Waals surface area contributed by atoms with E-state index in [4.69, 9.17) is 4.98 Å². The third kappa shape index (κ3) is 2.26. The van der Waals surface area contributed by atoms with Crippen molar-refractivity contribution >= 4 is 43.5 Å². The van der Waals surface area contributed by atoms with Gasteiger partial charge < -0.3 is 5.11 Å². The first-order valence-corrected chi connectivity index (χ1v) is 10.6. The predicted molar refractivity (Wildman–Crippen MR) is 130 cm³/mol. The average Bonchev–Trinajstić information content (AvgIpc) is 3.23. The van der Waals surface area contributed by atoms with E-state index >= 15 is 0 Å². The molecule has 0 spiro atoms. The molecule has 7 rings (SSSR count). The summed E-state index contributed by atoms with van der Waals surface area (Å²) in [5.41, 5.74) is 3.19. The fraction of sp³-hybridized carbons (Fsp3) is 0. The summed E-state index contributed by atoms with van der Waals surface area (Å²) < 4.78 is 2.02. The normalized spacial score (nSPS) is 11.9. The van der Waals surface area contributed by atoms with Crippen molar-refractivity contribution in [1.82, 2.24) is 14.5 Å². The summed E-state index contributed by atoms with van der Waals surface area (Å²) in [7, 11) is 0. The molecule has 150 valence electrons. The molecule has 2 heterocycles. The van der Waals surface area contributed by atoms with Gasteiger partial charge in [0.25, 0.3) is 0 Å². The molecule has 1 N–H and O–H groups in total. The average molecular weight is 411 g/mol. The number of hydrogen-bond donors (Lipinski definition) is 1. The molecule has 0 unspecified atom stereocenters. The molecule has 0 aliphatic carbocycles. The van der Waals surface area contributed by atoms with E-state index < -0.39 is 0 Å². The first-order valence-electron chi connectivity index (χ1n) is 10.6. The topological polar surface area (TPSA) is 50.9 Å². The maximum atomic E-state index is 11.5. The summed E-state index contributed by atoms with van der Waals surface area (Å²) in [6.45, 7) is 0. The second-order valence-corrected chi connectivity index (χ2v) is 8.08. The molecule has 0 radical (unpaired) electrons. The van der Waals surface area contributed by atoms with Gasteiger partial charge >= 0.3 is 0 Å². The minimum atomic E-state index is 0.239. The Hall–Kier alpha value is -4.44. The monoisotopic (exact) mass is 411 g/mol. The lowest BCUT2D eigenvalue weighted by Gasteiger charge is -2.15. The van der Waals surface area contributed by atoms with E-state index in [-0.39, 0.29) is 5.75 Å². The summed E-state index contributed by atoms with van der Waals surface area (Å²) in [4.78, 5) is 9.49. The van der Waals surface area contributed by atoms with Crippen LogP contribution in [0.15, 0.2) is 97.2 Å². The minimum absolute atomic E-state index is 0.239. The molecule has 0 fully saturated rings. The molecule has 0 saturated carbocycles. The molecule has 0 saturated heterocycles. The lowest BCUT2D eigenvalue weighted by Crippen LogP contribution is -1.99. The molecule has 0 aliphatic heterocycles. The van der Waals surface area contributed by atoms with E-state index in [1.165, 1.54) is 16.2 Å². The van der Waals surface area contributed by atoms with E-state index in [9.17, 15) is 5.11 Å². The Bertz CT molecular complexity index is 1770. The number of fused-ring (bicyclic) bond motifs is 1. The van der Waals surface area contributed by atoms with Gasteiger partial charge in [0.15, 0.2) is 11.5 Å². The van der Waals surface area contributed by atoms with E-state index in [0.717, 1.165) is 33.0 Å². The van der Waals surface area contributed by atoms with E-state index in [0.29, 0.717) is 11.4 Å². The largest absolute Gasteiger partial charge is 0.507 e. The second kappa shape index (κ2) is 6.28. The van der Waals surface area contributed by atoms with E-state index in [1.807, 2.05) is 59.2 Å². The standard InChI is InChI=1S/C28H17N3O/c32-26-21-14-13-18-7-4-6-17-11-12-19(25(21)24(17)18)16-22(26)27-30-23-10-5-15-29-28(23)31(27)20-8-2-1-3-9-20/h1-16,32H. The first kappa shape index (κ1) is 17.3. The van der Waals surface area contributed by atoms with Crippen molar-refractivity contribution in [2.75, 3.05) is 0 Å². The van der Waals surface area contributed by atoms with Crippen LogP contribution in [0.3, 0.4) is 0 Å². The Kier molecular flexibility index (Phi) is 3.39. The van der Waals surface area contributed by atoms with Gasteiger partial charge in [-0.25, -0.2) is 9.97 Å². The Labute approximate surface area is 183 Å². The van der Waals surface area contributed by atoms with Gasteiger partial charge in [0.1, 0.15) is 11.3 Å². The van der Waals surface area contributed by atoms with Gasteiger partial charge in [0.05, 0.1) is 5.56 Å². The van der Waals surface area contributed by atoms with Gasteiger partial charge in [0.2, 0.25) is 0 Å². The number of para-hydroxylation sites is 1. The smallest absolute Gasteiger partial charge is 0.164 e. The van der Waals surface area contributed by atoms with Crippen LogP contribution in [0.2, 0.25) is 0 Å². The SMILES string of the molecule is Oc1c(-c2nc3cccnc3n2-c2ccccc2)cc2ccc3cccc4ccc1c2c34. The van der Waals surface area contributed by atoms with Crippen LogP contribution >= 0.6 is 0 Å². The molecule has 4 heteroatoms. The summed E-state index contributed by atoms with van der Waals surface area (Å²) in [6.07, 6.45) is 1.77.